The van der Waals surface area contributed by atoms with E-state index in [0.717, 1.165) is 0 Å². The Labute approximate surface area is 49.9 Å². The van der Waals surface area contributed by atoms with Crippen molar-refractivity contribution in [1.82, 2.24) is 0 Å². The van der Waals surface area contributed by atoms with Crippen LogP contribution in [0.15, 0.2) is 17.6 Å². The van der Waals surface area contributed by atoms with Gasteiger partial charge in [-0.05, 0) is 13.0 Å². The van der Waals surface area contributed by atoms with Crippen LogP contribution in [0.1, 0.15) is 6.92 Å². The van der Waals surface area contributed by atoms with E-state index in [4.69, 9.17) is 4.74 Å². The van der Waals surface area contributed by atoms with Gasteiger partial charge in [0.05, 0.1) is 6.61 Å². The van der Waals surface area contributed by atoms with Gasteiger partial charge < -0.3 is 4.74 Å². The first-order chi connectivity index (χ1) is 3.85. The van der Waals surface area contributed by atoms with E-state index in [1.54, 1.807) is 13.1 Å². The Bertz CT molecular complexity index is 96.7. The van der Waals surface area contributed by atoms with E-state index in [0.29, 0.717) is 12.5 Å². The molecule has 0 spiro atoms. The van der Waals surface area contributed by atoms with Crippen LogP contribution in [0.3, 0.4) is 0 Å². The van der Waals surface area contributed by atoms with Gasteiger partial charge in [-0.25, -0.2) is 0 Å². The van der Waals surface area contributed by atoms with Gasteiger partial charge in [0.2, 0.25) is 5.90 Å². The molecule has 0 radical (unpaired) electrons. The molecule has 0 rings (SSSR count). The first kappa shape index (κ1) is 7.21. The van der Waals surface area contributed by atoms with Gasteiger partial charge in [0, 0.05) is 7.05 Å². The Balaban J connectivity index is 3.54. The highest BCUT2D eigenvalue weighted by atomic mass is 16.5. The zero-order valence-corrected chi connectivity index (χ0v) is 5.35. The summed E-state index contributed by atoms with van der Waals surface area (Å²) < 4.78 is 4.97. The van der Waals surface area contributed by atoms with Gasteiger partial charge in [-0.15, -0.1) is 0 Å². The van der Waals surface area contributed by atoms with Crippen molar-refractivity contribution in [2.45, 2.75) is 6.92 Å². The van der Waals surface area contributed by atoms with Crippen molar-refractivity contribution in [2.24, 2.45) is 4.99 Å². The van der Waals surface area contributed by atoms with Crippen molar-refractivity contribution in [2.75, 3.05) is 13.7 Å². The van der Waals surface area contributed by atoms with Crippen LogP contribution in [0.25, 0.3) is 0 Å². The van der Waals surface area contributed by atoms with Gasteiger partial charge in [-0.2, -0.15) is 0 Å². The average Bonchev–Trinajstić information content (AvgIpc) is 1.83. The molecule has 0 N–H and O–H groups in total. The van der Waals surface area contributed by atoms with Crippen LogP contribution in [-0.4, -0.2) is 19.6 Å². The summed E-state index contributed by atoms with van der Waals surface area (Å²) in [5.41, 5.74) is 0. The summed E-state index contributed by atoms with van der Waals surface area (Å²) >= 11 is 0. The second kappa shape index (κ2) is 4.37. The van der Waals surface area contributed by atoms with Crippen molar-refractivity contribution >= 4 is 5.90 Å². The van der Waals surface area contributed by atoms with Crippen LogP contribution >= 0.6 is 0 Å². The number of rotatable bonds is 2. The lowest BCUT2D eigenvalue weighted by Gasteiger charge is -1.97. The zero-order valence-electron chi connectivity index (χ0n) is 5.35. The SMILES string of the molecule is C=CC(=NC)OCC. The van der Waals surface area contributed by atoms with E-state index in [1.807, 2.05) is 6.92 Å². The monoisotopic (exact) mass is 113 g/mol. The van der Waals surface area contributed by atoms with Crippen LogP contribution in [0, 0.1) is 0 Å². The molecule has 2 nitrogen and oxygen atoms in total. The Morgan fingerprint density at radius 1 is 1.88 bits per heavy atom. The van der Waals surface area contributed by atoms with E-state index >= 15 is 0 Å². The molecule has 0 aliphatic rings. The number of aliphatic imine (C=N–C) groups is 1. The standard InChI is InChI=1S/C6H11NO/c1-4-6(7-3)8-5-2/h4H,1,5H2,2-3H3. The molecule has 0 unspecified atom stereocenters. The molecule has 0 atom stereocenters. The summed E-state index contributed by atoms with van der Waals surface area (Å²) in [6.45, 7) is 6.06. The van der Waals surface area contributed by atoms with Gasteiger partial charge in [-0.3, -0.25) is 4.99 Å². The quantitative estimate of drug-likeness (QED) is 0.390. The first-order valence-corrected chi connectivity index (χ1v) is 2.57. The predicted molar refractivity (Wildman–Crippen MR) is 35.2 cm³/mol. The lowest BCUT2D eigenvalue weighted by Crippen LogP contribution is -1.98. The van der Waals surface area contributed by atoms with Crippen molar-refractivity contribution in [1.29, 1.82) is 0 Å². The fourth-order valence-corrected chi connectivity index (χ4v) is 0.363. The molecule has 8 heavy (non-hydrogen) atoms. The third-order valence-electron chi connectivity index (χ3n) is 0.687. The summed E-state index contributed by atoms with van der Waals surface area (Å²) in [4.78, 5) is 3.77. The molecule has 0 aliphatic heterocycles. The minimum Gasteiger partial charge on any atom is -0.478 e. The smallest absolute Gasteiger partial charge is 0.207 e. The molecule has 0 heterocycles. The number of ether oxygens (including phenoxy) is 1. The Morgan fingerprint density at radius 3 is 2.62 bits per heavy atom. The van der Waals surface area contributed by atoms with Crippen LogP contribution < -0.4 is 0 Å². The normalized spacial score (nSPS) is 11.0. The lowest BCUT2D eigenvalue weighted by molar-refractivity contribution is 0.330. The molecule has 2 heteroatoms. The molecule has 0 aromatic heterocycles. The van der Waals surface area contributed by atoms with Gasteiger partial charge in [0.1, 0.15) is 0 Å². The van der Waals surface area contributed by atoms with Crippen molar-refractivity contribution in [3.63, 3.8) is 0 Å². The molecular weight excluding hydrogens is 102 g/mol. The van der Waals surface area contributed by atoms with Crippen LogP contribution in [0.5, 0.6) is 0 Å². The lowest BCUT2D eigenvalue weighted by atomic mass is 10.6. The van der Waals surface area contributed by atoms with Gasteiger partial charge in [0.15, 0.2) is 0 Å². The minimum absolute atomic E-state index is 0.604. The van der Waals surface area contributed by atoms with E-state index in [2.05, 4.69) is 11.6 Å². The fourth-order valence-electron chi connectivity index (χ4n) is 0.363. The first-order valence-electron chi connectivity index (χ1n) is 2.57. The number of hydrogen-bond donors (Lipinski definition) is 0. The van der Waals surface area contributed by atoms with Gasteiger partial charge in [0.25, 0.3) is 0 Å². The fraction of sp³-hybridized carbons (Fsp3) is 0.500. The van der Waals surface area contributed by atoms with Crippen molar-refractivity contribution < 1.29 is 4.74 Å². The van der Waals surface area contributed by atoms with E-state index in [9.17, 15) is 0 Å². The summed E-state index contributed by atoms with van der Waals surface area (Å²) in [6, 6.07) is 0. The second-order valence-electron chi connectivity index (χ2n) is 1.20. The molecule has 0 aromatic carbocycles. The highest BCUT2D eigenvalue weighted by Crippen LogP contribution is 1.80. The molecule has 0 amide bonds. The molecular formula is C6H11NO. The molecule has 0 saturated heterocycles. The summed E-state index contributed by atoms with van der Waals surface area (Å²) in [5, 5.41) is 0. The van der Waals surface area contributed by atoms with Gasteiger partial charge in [-0.1, -0.05) is 6.58 Å². The van der Waals surface area contributed by atoms with E-state index in [1.165, 1.54) is 0 Å². The Hall–Kier alpha value is -0.790. The number of hydrogen-bond acceptors (Lipinski definition) is 2. The summed E-state index contributed by atoms with van der Waals surface area (Å²) in [7, 11) is 1.67. The van der Waals surface area contributed by atoms with Crippen molar-refractivity contribution in [3.05, 3.63) is 12.7 Å². The maximum absolute atomic E-state index is 4.97. The zero-order chi connectivity index (χ0) is 6.41. The number of nitrogens with zero attached hydrogens (tertiary/aromatic N) is 1. The minimum atomic E-state index is 0.604. The van der Waals surface area contributed by atoms with Crippen LogP contribution in [0.4, 0.5) is 0 Å². The highest BCUT2D eigenvalue weighted by Gasteiger charge is 1.84. The summed E-state index contributed by atoms with van der Waals surface area (Å²) in [6.07, 6.45) is 1.59. The van der Waals surface area contributed by atoms with Gasteiger partial charge >= 0.3 is 0 Å². The molecule has 0 saturated carbocycles. The summed E-state index contributed by atoms with van der Waals surface area (Å²) in [5.74, 6) is 0.604. The molecule has 0 fully saturated rings. The van der Waals surface area contributed by atoms with E-state index in [-0.39, 0.29) is 0 Å². The Morgan fingerprint density at radius 2 is 2.50 bits per heavy atom. The van der Waals surface area contributed by atoms with E-state index < -0.39 is 0 Å². The second-order valence-corrected chi connectivity index (χ2v) is 1.20. The third kappa shape index (κ3) is 2.39. The average molecular weight is 113 g/mol. The van der Waals surface area contributed by atoms with Crippen molar-refractivity contribution in [3.8, 4) is 0 Å². The highest BCUT2D eigenvalue weighted by molar-refractivity contribution is 5.86. The molecule has 0 aliphatic carbocycles. The topological polar surface area (TPSA) is 21.6 Å². The maximum Gasteiger partial charge on any atom is 0.207 e. The predicted octanol–water partition coefficient (Wildman–Crippen LogP) is 1.24. The maximum atomic E-state index is 4.97. The largest absolute Gasteiger partial charge is 0.478 e. The molecule has 0 bridgehead atoms. The van der Waals surface area contributed by atoms with Crippen LogP contribution in [-0.2, 0) is 4.74 Å². The molecule has 0 aromatic rings. The molecule has 46 valence electrons. The Kier molecular flexibility index (Phi) is 3.94. The third-order valence-corrected chi connectivity index (χ3v) is 0.687. The van der Waals surface area contributed by atoms with Crippen LogP contribution in [0.2, 0.25) is 0 Å².